The second kappa shape index (κ2) is 3.99. The number of phenols is 2. The second-order valence-electron chi connectivity index (χ2n) is 4.93. The van der Waals surface area contributed by atoms with E-state index in [0.717, 1.165) is 16.8 Å². The predicted octanol–water partition coefficient (Wildman–Crippen LogP) is 3.51. The van der Waals surface area contributed by atoms with Crippen LogP contribution >= 0.6 is 0 Å². The van der Waals surface area contributed by atoms with E-state index in [1.165, 1.54) is 6.07 Å². The van der Waals surface area contributed by atoms with E-state index in [1.54, 1.807) is 6.07 Å². The van der Waals surface area contributed by atoms with Crippen molar-refractivity contribution in [1.82, 2.24) is 0 Å². The molecule has 0 saturated heterocycles. The van der Waals surface area contributed by atoms with Crippen LogP contribution in [-0.2, 0) is 0 Å². The van der Waals surface area contributed by atoms with Crippen molar-refractivity contribution in [2.24, 2.45) is 0 Å². The zero-order valence-corrected chi connectivity index (χ0v) is 10.8. The Morgan fingerprint density at radius 1 is 0.905 bits per heavy atom. The summed E-state index contributed by atoms with van der Waals surface area (Å²) in [6.07, 6.45) is 0. The normalized spacial score (nSPS) is 11.4. The largest absolute Gasteiger partial charge is 0.508 e. The van der Waals surface area contributed by atoms with Crippen LogP contribution in [0.2, 0.25) is 0 Å². The van der Waals surface area contributed by atoms with Crippen LogP contribution in [0.1, 0.15) is 0 Å². The standard InChI is InChI=1S/C17H10O4/c18-10-7-13(19)15-14(8-10)21-17-11-4-2-1-3-9(11)5-6-12(17)16(15)20/h1-8,18-19H. The summed E-state index contributed by atoms with van der Waals surface area (Å²) in [5, 5.41) is 21.7. The Bertz CT molecular complexity index is 1080. The third-order valence-electron chi connectivity index (χ3n) is 3.63. The van der Waals surface area contributed by atoms with E-state index >= 15 is 0 Å². The maximum absolute atomic E-state index is 12.6. The number of fused-ring (bicyclic) bond motifs is 4. The summed E-state index contributed by atoms with van der Waals surface area (Å²) in [5.74, 6) is -0.434. The van der Waals surface area contributed by atoms with Crippen LogP contribution in [0, 0.1) is 0 Å². The van der Waals surface area contributed by atoms with Gasteiger partial charge in [0.05, 0.1) is 5.39 Å². The van der Waals surface area contributed by atoms with E-state index in [4.69, 9.17) is 4.42 Å². The van der Waals surface area contributed by atoms with Gasteiger partial charge in [0.15, 0.2) is 0 Å². The summed E-state index contributed by atoms with van der Waals surface area (Å²) in [4.78, 5) is 12.6. The van der Waals surface area contributed by atoms with Gasteiger partial charge in [0.1, 0.15) is 28.1 Å². The zero-order chi connectivity index (χ0) is 14.6. The van der Waals surface area contributed by atoms with E-state index in [-0.39, 0.29) is 27.9 Å². The third-order valence-corrected chi connectivity index (χ3v) is 3.63. The van der Waals surface area contributed by atoms with E-state index in [0.29, 0.717) is 11.0 Å². The first-order valence-electron chi connectivity index (χ1n) is 6.45. The Morgan fingerprint density at radius 3 is 2.57 bits per heavy atom. The van der Waals surface area contributed by atoms with Gasteiger partial charge in [-0.15, -0.1) is 0 Å². The van der Waals surface area contributed by atoms with Gasteiger partial charge >= 0.3 is 0 Å². The molecule has 0 bridgehead atoms. The van der Waals surface area contributed by atoms with Gasteiger partial charge in [0.2, 0.25) is 5.43 Å². The Balaban J connectivity index is 2.33. The van der Waals surface area contributed by atoms with Gasteiger partial charge < -0.3 is 14.6 Å². The molecule has 2 N–H and O–H groups in total. The third kappa shape index (κ3) is 1.59. The van der Waals surface area contributed by atoms with Gasteiger partial charge in [-0.3, -0.25) is 4.79 Å². The fourth-order valence-corrected chi connectivity index (χ4v) is 2.67. The molecule has 0 radical (unpaired) electrons. The fourth-order valence-electron chi connectivity index (χ4n) is 2.67. The molecule has 4 rings (SSSR count). The maximum atomic E-state index is 12.6. The van der Waals surface area contributed by atoms with Crippen LogP contribution in [0.25, 0.3) is 32.7 Å². The molecule has 4 nitrogen and oxygen atoms in total. The summed E-state index contributed by atoms with van der Waals surface area (Å²) in [6.45, 7) is 0. The average molecular weight is 278 g/mol. The minimum atomic E-state index is -0.311. The van der Waals surface area contributed by atoms with Crippen LogP contribution in [0.15, 0.2) is 57.7 Å². The summed E-state index contributed by atoms with van der Waals surface area (Å²) >= 11 is 0. The first-order valence-corrected chi connectivity index (χ1v) is 6.45. The molecule has 0 amide bonds. The van der Waals surface area contributed by atoms with E-state index < -0.39 is 0 Å². The van der Waals surface area contributed by atoms with E-state index in [2.05, 4.69) is 0 Å². The summed E-state index contributed by atoms with van der Waals surface area (Å²) in [7, 11) is 0. The molecule has 102 valence electrons. The minimum absolute atomic E-state index is 0.0792. The molecular formula is C17H10O4. The monoisotopic (exact) mass is 278 g/mol. The minimum Gasteiger partial charge on any atom is -0.508 e. The predicted molar refractivity (Wildman–Crippen MR) is 80.8 cm³/mol. The number of benzene rings is 3. The quantitative estimate of drug-likeness (QED) is 0.381. The lowest BCUT2D eigenvalue weighted by molar-refractivity contribution is 0.453. The molecule has 1 heterocycles. The highest BCUT2D eigenvalue weighted by Gasteiger charge is 2.14. The number of aromatic hydroxyl groups is 2. The second-order valence-corrected chi connectivity index (χ2v) is 4.93. The molecule has 0 aliphatic rings. The first kappa shape index (κ1) is 11.8. The van der Waals surface area contributed by atoms with Gasteiger partial charge in [-0.2, -0.15) is 0 Å². The maximum Gasteiger partial charge on any atom is 0.204 e. The van der Waals surface area contributed by atoms with Crippen LogP contribution in [0.3, 0.4) is 0 Å². The summed E-state index contributed by atoms with van der Waals surface area (Å²) in [6, 6.07) is 13.6. The average Bonchev–Trinajstić information content (AvgIpc) is 2.46. The van der Waals surface area contributed by atoms with Crippen molar-refractivity contribution in [3.05, 3.63) is 58.8 Å². The van der Waals surface area contributed by atoms with Crippen LogP contribution in [-0.4, -0.2) is 10.2 Å². The van der Waals surface area contributed by atoms with E-state index in [9.17, 15) is 15.0 Å². The molecule has 0 atom stereocenters. The number of hydrogen-bond donors (Lipinski definition) is 2. The molecule has 0 fully saturated rings. The smallest absolute Gasteiger partial charge is 0.204 e. The van der Waals surface area contributed by atoms with Crippen molar-refractivity contribution in [3.8, 4) is 11.5 Å². The molecule has 3 aromatic carbocycles. The van der Waals surface area contributed by atoms with Gasteiger partial charge in [0.25, 0.3) is 0 Å². The van der Waals surface area contributed by atoms with Gasteiger partial charge in [-0.05, 0) is 11.5 Å². The molecular weight excluding hydrogens is 268 g/mol. The lowest BCUT2D eigenvalue weighted by Crippen LogP contribution is -2.02. The Morgan fingerprint density at radius 2 is 1.71 bits per heavy atom. The molecule has 21 heavy (non-hydrogen) atoms. The Hall–Kier alpha value is -3.01. The first-order chi connectivity index (χ1) is 10.1. The Kier molecular flexibility index (Phi) is 2.24. The highest BCUT2D eigenvalue weighted by atomic mass is 16.3. The summed E-state index contributed by atoms with van der Waals surface area (Å²) in [5.41, 5.74) is 0.312. The highest BCUT2D eigenvalue weighted by molar-refractivity contribution is 6.07. The van der Waals surface area contributed by atoms with Crippen molar-refractivity contribution in [2.75, 3.05) is 0 Å². The molecule has 0 aliphatic carbocycles. The van der Waals surface area contributed by atoms with Crippen molar-refractivity contribution in [3.63, 3.8) is 0 Å². The van der Waals surface area contributed by atoms with Crippen LogP contribution < -0.4 is 5.43 Å². The van der Waals surface area contributed by atoms with Crippen LogP contribution in [0.5, 0.6) is 11.5 Å². The lowest BCUT2D eigenvalue weighted by Gasteiger charge is -2.06. The molecule has 0 aliphatic heterocycles. The van der Waals surface area contributed by atoms with Crippen molar-refractivity contribution < 1.29 is 14.6 Å². The molecule has 0 spiro atoms. The zero-order valence-electron chi connectivity index (χ0n) is 10.8. The van der Waals surface area contributed by atoms with E-state index in [1.807, 2.05) is 30.3 Å². The van der Waals surface area contributed by atoms with Gasteiger partial charge in [0, 0.05) is 17.5 Å². The number of rotatable bonds is 0. The van der Waals surface area contributed by atoms with Gasteiger partial charge in [-0.25, -0.2) is 0 Å². The Labute approximate surface area is 118 Å². The van der Waals surface area contributed by atoms with Crippen molar-refractivity contribution in [1.29, 1.82) is 0 Å². The lowest BCUT2D eigenvalue weighted by atomic mass is 10.1. The molecule has 4 aromatic rings. The van der Waals surface area contributed by atoms with Crippen molar-refractivity contribution in [2.45, 2.75) is 0 Å². The summed E-state index contributed by atoms with van der Waals surface area (Å²) < 4.78 is 5.78. The SMILES string of the molecule is O=c1c2ccc3ccccc3c2oc2cc(O)cc(O)c12. The van der Waals surface area contributed by atoms with Crippen LogP contribution in [0.4, 0.5) is 0 Å². The fraction of sp³-hybridized carbons (Fsp3) is 0. The number of hydrogen-bond acceptors (Lipinski definition) is 4. The molecule has 0 unspecified atom stereocenters. The highest BCUT2D eigenvalue weighted by Crippen LogP contribution is 2.32. The van der Waals surface area contributed by atoms with Gasteiger partial charge in [-0.1, -0.05) is 30.3 Å². The topological polar surface area (TPSA) is 70.7 Å². The molecule has 0 saturated carbocycles. The van der Waals surface area contributed by atoms with Crippen molar-refractivity contribution >= 4 is 32.7 Å². The number of phenolic OH excluding ortho intramolecular Hbond substituents is 2. The molecule has 1 aromatic heterocycles. The molecule has 4 heteroatoms.